The third kappa shape index (κ3) is 4.11. The van der Waals surface area contributed by atoms with E-state index in [2.05, 4.69) is 10.2 Å². The van der Waals surface area contributed by atoms with Gasteiger partial charge in [0, 0.05) is 13.5 Å². The first-order valence-corrected chi connectivity index (χ1v) is 7.65. The molecule has 0 unspecified atom stereocenters. The zero-order chi connectivity index (χ0) is 17.9. The Hall–Kier alpha value is -2.55. The number of hydrogen-bond donors (Lipinski definition) is 0. The molecule has 1 aromatic heterocycles. The van der Waals surface area contributed by atoms with Crippen molar-refractivity contribution in [1.29, 1.82) is 0 Å². The molecule has 0 aliphatic carbocycles. The molecule has 0 saturated carbocycles. The molecule has 3 rings (SSSR count). The van der Waals surface area contributed by atoms with Crippen LogP contribution in [0.3, 0.4) is 0 Å². The standard InChI is InChI=1S/C16H17F2N3O4/c1-23-8-13-19-20-15(25-13)12-7-16(17,18)10-21(12)14(22)9-24-11-5-3-2-4-6-11/h2-6,12H,7-10H2,1H3/t12-/m0/s1. The number of hydrogen-bond acceptors (Lipinski definition) is 6. The van der Waals surface area contributed by atoms with Gasteiger partial charge in [0.1, 0.15) is 18.4 Å². The van der Waals surface area contributed by atoms with Gasteiger partial charge in [-0.1, -0.05) is 18.2 Å². The predicted molar refractivity (Wildman–Crippen MR) is 81.0 cm³/mol. The summed E-state index contributed by atoms with van der Waals surface area (Å²) in [5.74, 6) is -2.97. The smallest absolute Gasteiger partial charge is 0.267 e. The monoisotopic (exact) mass is 353 g/mol. The van der Waals surface area contributed by atoms with Crippen LogP contribution < -0.4 is 4.74 Å². The van der Waals surface area contributed by atoms with Gasteiger partial charge >= 0.3 is 0 Å². The van der Waals surface area contributed by atoms with E-state index in [1.807, 2.05) is 0 Å². The second kappa shape index (κ2) is 7.14. The highest BCUT2D eigenvalue weighted by Gasteiger charge is 2.49. The SMILES string of the molecule is COCc1nnc([C@@H]2CC(F)(F)CN2C(=O)COc2ccccc2)o1. The molecule has 1 atom stereocenters. The van der Waals surface area contributed by atoms with Gasteiger partial charge in [-0.3, -0.25) is 4.79 Å². The Labute approximate surface area is 142 Å². The lowest BCUT2D eigenvalue weighted by Crippen LogP contribution is -2.36. The summed E-state index contributed by atoms with van der Waals surface area (Å²) in [7, 11) is 1.45. The Kier molecular flexibility index (Phi) is 4.93. The molecule has 1 fully saturated rings. The fraction of sp³-hybridized carbons (Fsp3) is 0.438. The Balaban J connectivity index is 1.71. The first kappa shape index (κ1) is 17.3. The molecule has 0 bridgehead atoms. The van der Waals surface area contributed by atoms with Gasteiger partial charge in [0.2, 0.25) is 11.8 Å². The van der Waals surface area contributed by atoms with Crippen LogP contribution >= 0.6 is 0 Å². The van der Waals surface area contributed by atoms with Crippen molar-refractivity contribution >= 4 is 5.91 Å². The summed E-state index contributed by atoms with van der Waals surface area (Å²) in [5, 5.41) is 7.50. The summed E-state index contributed by atoms with van der Waals surface area (Å²) in [6.07, 6.45) is -0.571. The fourth-order valence-corrected chi connectivity index (χ4v) is 2.63. The van der Waals surface area contributed by atoms with E-state index in [1.165, 1.54) is 7.11 Å². The quantitative estimate of drug-likeness (QED) is 0.792. The number of amides is 1. The van der Waals surface area contributed by atoms with Crippen LogP contribution in [-0.4, -0.2) is 47.2 Å². The van der Waals surface area contributed by atoms with Crippen molar-refractivity contribution in [3.8, 4) is 5.75 Å². The molecule has 25 heavy (non-hydrogen) atoms. The highest BCUT2D eigenvalue weighted by Crippen LogP contribution is 2.40. The van der Waals surface area contributed by atoms with Gasteiger partial charge in [-0.15, -0.1) is 10.2 Å². The molecule has 2 aromatic rings. The van der Waals surface area contributed by atoms with Crippen molar-refractivity contribution in [2.45, 2.75) is 25.0 Å². The molecule has 134 valence electrons. The van der Waals surface area contributed by atoms with Crippen molar-refractivity contribution in [2.24, 2.45) is 0 Å². The number of carbonyl (C=O) groups excluding carboxylic acids is 1. The van der Waals surface area contributed by atoms with E-state index in [0.717, 1.165) is 4.90 Å². The normalized spacial score (nSPS) is 19.2. The topological polar surface area (TPSA) is 77.7 Å². The van der Waals surface area contributed by atoms with Crippen molar-refractivity contribution in [3.05, 3.63) is 42.1 Å². The Morgan fingerprint density at radius 2 is 2.12 bits per heavy atom. The van der Waals surface area contributed by atoms with Crippen LogP contribution in [-0.2, 0) is 16.1 Å². The first-order valence-electron chi connectivity index (χ1n) is 7.65. The Bertz CT molecular complexity index is 723. The number of aromatic nitrogens is 2. The van der Waals surface area contributed by atoms with Crippen LogP contribution in [0.25, 0.3) is 0 Å². The molecule has 0 N–H and O–H groups in total. The lowest BCUT2D eigenvalue weighted by molar-refractivity contribution is -0.135. The zero-order valence-corrected chi connectivity index (χ0v) is 13.5. The molecule has 2 heterocycles. The van der Waals surface area contributed by atoms with Crippen molar-refractivity contribution in [1.82, 2.24) is 15.1 Å². The minimum atomic E-state index is -3.02. The van der Waals surface area contributed by atoms with Crippen LogP contribution in [0.1, 0.15) is 24.2 Å². The number of ether oxygens (including phenoxy) is 2. The van der Waals surface area contributed by atoms with Crippen LogP contribution in [0.4, 0.5) is 8.78 Å². The Morgan fingerprint density at radius 1 is 1.36 bits per heavy atom. The molecule has 1 aliphatic heterocycles. The molecule has 1 aliphatic rings. The van der Waals surface area contributed by atoms with E-state index in [0.29, 0.717) is 5.75 Å². The number of methoxy groups -OCH3 is 1. The van der Waals surface area contributed by atoms with Gasteiger partial charge in [0.15, 0.2) is 6.61 Å². The summed E-state index contributed by atoms with van der Waals surface area (Å²) < 4.78 is 43.3. The lowest BCUT2D eigenvalue weighted by atomic mass is 10.2. The molecule has 7 nitrogen and oxygen atoms in total. The molecular formula is C16H17F2N3O4. The minimum Gasteiger partial charge on any atom is -0.484 e. The second-order valence-electron chi connectivity index (χ2n) is 5.67. The Morgan fingerprint density at radius 3 is 2.84 bits per heavy atom. The second-order valence-corrected chi connectivity index (χ2v) is 5.67. The van der Waals surface area contributed by atoms with E-state index >= 15 is 0 Å². The molecule has 0 spiro atoms. The highest BCUT2D eigenvalue weighted by atomic mass is 19.3. The third-order valence-electron chi connectivity index (χ3n) is 3.73. The van der Waals surface area contributed by atoms with E-state index in [9.17, 15) is 13.6 Å². The number of alkyl halides is 2. The van der Waals surface area contributed by atoms with E-state index in [-0.39, 0.29) is 25.0 Å². The number of carbonyl (C=O) groups is 1. The van der Waals surface area contributed by atoms with Gasteiger partial charge in [-0.05, 0) is 12.1 Å². The molecule has 0 radical (unpaired) electrons. The van der Waals surface area contributed by atoms with Gasteiger partial charge < -0.3 is 18.8 Å². The summed E-state index contributed by atoms with van der Waals surface area (Å²) in [5.41, 5.74) is 0. The molecule has 9 heteroatoms. The van der Waals surface area contributed by atoms with Gasteiger partial charge in [0.05, 0.1) is 6.54 Å². The average molecular weight is 353 g/mol. The molecule has 1 saturated heterocycles. The van der Waals surface area contributed by atoms with Crippen molar-refractivity contribution in [2.75, 3.05) is 20.3 Å². The fourth-order valence-electron chi connectivity index (χ4n) is 2.63. The summed E-state index contributed by atoms with van der Waals surface area (Å²) in [4.78, 5) is 13.4. The summed E-state index contributed by atoms with van der Waals surface area (Å²) >= 11 is 0. The van der Waals surface area contributed by atoms with Gasteiger partial charge in [0.25, 0.3) is 11.8 Å². The van der Waals surface area contributed by atoms with Crippen LogP contribution in [0.15, 0.2) is 34.7 Å². The lowest BCUT2D eigenvalue weighted by Gasteiger charge is -2.21. The predicted octanol–water partition coefficient (Wildman–Crippen LogP) is 2.20. The largest absolute Gasteiger partial charge is 0.484 e. The number of para-hydroxylation sites is 1. The highest BCUT2D eigenvalue weighted by molar-refractivity contribution is 5.78. The maximum atomic E-state index is 13.9. The van der Waals surface area contributed by atoms with Gasteiger partial charge in [-0.25, -0.2) is 8.78 Å². The van der Waals surface area contributed by atoms with Crippen LogP contribution in [0.5, 0.6) is 5.75 Å². The van der Waals surface area contributed by atoms with Crippen molar-refractivity contribution < 1.29 is 27.5 Å². The maximum absolute atomic E-state index is 13.9. The van der Waals surface area contributed by atoms with E-state index < -0.39 is 30.8 Å². The average Bonchev–Trinajstić information content (AvgIpc) is 3.18. The van der Waals surface area contributed by atoms with Crippen LogP contribution in [0, 0.1) is 0 Å². The third-order valence-corrected chi connectivity index (χ3v) is 3.73. The zero-order valence-electron chi connectivity index (χ0n) is 13.5. The van der Waals surface area contributed by atoms with E-state index in [4.69, 9.17) is 13.9 Å². The molecular weight excluding hydrogens is 336 g/mol. The first-order chi connectivity index (χ1) is 12.0. The number of nitrogens with zero attached hydrogens (tertiary/aromatic N) is 3. The van der Waals surface area contributed by atoms with Crippen molar-refractivity contribution in [3.63, 3.8) is 0 Å². The van der Waals surface area contributed by atoms with Gasteiger partial charge in [-0.2, -0.15) is 0 Å². The number of rotatable bonds is 6. The van der Waals surface area contributed by atoms with Crippen LogP contribution in [0.2, 0.25) is 0 Å². The number of likely N-dealkylation sites (tertiary alicyclic amines) is 1. The summed E-state index contributed by atoms with van der Waals surface area (Å²) in [6.45, 7) is -0.993. The maximum Gasteiger partial charge on any atom is 0.267 e. The summed E-state index contributed by atoms with van der Waals surface area (Å²) in [6, 6.07) is 7.68. The molecule has 1 amide bonds. The number of benzene rings is 1. The van der Waals surface area contributed by atoms with E-state index in [1.54, 1.807) is 30.3 Å². The minimum absolute atomic E-state index is 0.0303. The number of halogens is 2. The molecule has 1 aromatic carbocycles.